The summed E-state index contributed by atoms with van der Waals surface area (Å²) in [4.78, 5) is 0. The van der Waals surface area contributed by atoms with E-state index in [1.165, 1.54) is 12.1 Å². The number of aromatic nitrogens is 1. The molecule has 1 N–H and O–H groups in total. The Bertz CT molecular complexity index is 788. The lowest BCUT2D eigenvalue weighted by Crippen LogP contribution is -2.33. The summed E-state index contributed by atoms with van der Waals surface area (Å²) in [6, 6.07) is 8.01. The van der Waals surface area contributed by atoms with Gasteiger partial charge in [-0.1, -0.05) is 17.3 Å². The lowest BCUT2D eigenvalue weighted by Gasteiger charge is -2.13. The van der Waals surface area contributed by atoms with Gasteiger partial charge in [0.25, 0.3) is 0 Å². The highest BCUT2D eigenvalue weighted by molar-refractivity contribution is 7.88. The van der Waals surface area contributed by atoms with E-state index in [-0.39, 0.29) is 23.5 Å². The maximum Gasteiger partial charge on any atom is 0.219 e. The maximum absolute atomic E-state index is 13.3. The van der Waals surface area contributed by atoms with Crippen LogP contribution < -0.4 is 4.72 Å². The number of hydrogen-bond donors (Lipinski definition) is 1. The normalized spacial score (nSPS) is 21.7. The minimum absolute atomic E-state index is 0.128. The Kier molecular flexibility index (Phi) is 4.50. The van der Waals surface area contributed by atoms with Gasteiger partial charge in [0.15, 0.2) is 5.76 Å². The molecule has 1 fully saturated rings. The summed E-state index contributed by atoms with van der Waals surface area (Å²) in [5.74, 6) is 0.0439. The minimum Gasteiger partial charge on any atom is -0.360 e. The zero-order valence-corrected chi connectivity index (χ0v) is 13.6. The molecule has 2 atom stereocenters. The summed E-state index contributed by atoms with van der Waals surface area (Å²) >= 11 is 0. The zero-order valence-electron chi connectivity index (χ0n) is 12.8. The van der Waals surface area contributed by atoms with E-state index in [0.717, 1.165) is 18.4 Å². The molecular weight excluding hydrogens is 319 g/mol. The van der Waals surface area contributed by atoms with Crippen LogP contribution in [-0.4, -0.2) is 19.6 Å². The van der Waals surface area contributed by atoms with Gasteiger partial charge in [-0.05, 0) is 49.8 Å². The molecule has 0 radical (unpaired) electrons. The van der Waals surface area contributed by atoms with Crippen LogP contribution in [0.4, 0.5) is 4.39 Å². The summed E-state index contributed by atoms with van der Waals surface area (Å²) in [6.07, 6.45) is 2.27. The van der Waals surface area contributed by atoms with E-state index in [1.54, 1.807) is 19.1 Å². The molecule has 1 heterocycles. The van der Waals surface area contributed by atoms with Crippen LogP contribution in [0.15, 0.2) is 34.9 Å². The van der Waals surface area contributed by atoms with Gasteiger partial charge in [-0.2, -0.15) is 0 Å². The number of halogens is 1. The van der Waals surface area contributed by atoms with Crippen molar-refractivity contribution >= 4 is 10.0 Å². The number of benzene rings is 1. The van der Waals surface area contributed by atoms with Crippen LogP contribution in [0.2, 0.25) is 0 Å². The Morgan fingerprint density at radius 1 is 1.35 bits per heavy atom. The highest BCUT2D eigenvalue weighted by Gasteiger charge is 2.29. The third kappa shape index (κ3) is 4.17. The van der Waals surface area contributed by atoms with Crippen LogP contribution in [-0.2, 0) is 15.8 Å². The number of aryl methyl sites for hydroxylation is 1. The number of nitrogens with one attached hydrogen (secondary N) is 1. The molecule has 7 heteroatoms. The van der Waals surface area contributed by atoms with E-state index in [2.05, 4.69) is 9.88 Å². The first kappa shape index (κ1) is 16.1. The Balaban J connectivity index is 1.61. The van der Waals surface area contributed by atoms with Gasteiger partial charge in [-0.3, -0.25) is 0 Å². The Morgan fingerprint density at radius 2 is 2.17 bits per heavy atom. The van der Waals surface area contributed by atoms with E-state index in [9.17, 15) is 12.8 Å². The molecule has 0 bridgehead atoms. The lowest BCUT2D eigenvalue weighted by atomic mass is 9.97. The fourth-order valence-electron chi connectivity index (χ4n) is 3.12. The molecule has 1 saturated carbocycles. The van der Waals surface area contributed by atoms with E-state index in [1.807, 2.05) is 6.07 Å². The van der Waals surface area contributed by atoms with Crippen molar-refractivity contribution in [2.45, 2.75) is 43.9 Å². The molecule has 0 amide bonds. The van der Waals surface area contributed by atoms with Crippen molar-refractivity contribution in [1.29, 1.82) is 0 Å². The van der Waals surface area contributed by atoms with Gasteiger partial charge in [0.05, 0.1) is 5.69 Å². The summed E-state index contributed by atoms with van der Waals surface area (Å²) in [5, 5.41) is 3.69. The summed E-state index contributed by atoms with van der Waals surface area (Å²) in [6.45, 7) is 1.74. The van der Waals surface area contributed by atoms with Crippen molar-refractivity contribution in [3.8, 4) is 0 Å². The molecular formula is C16H19FN2O3S. The molecule has 1 aromatic carbocycles. The molecule has 124 valence electrons. The molecule has 0 aliphatic heterocycles. The number of hydrogen-bond acceptors (Lipinski definition) is 4. The third-order valence-corrected chi connectivity index (χ3v) is 5.46. The first-order chi connectivity index (χ1) is 10.9. The van der Waals surface area contributed by atoms with Crippen LogP contribution in [0.3, 0.4) is 0 Å². The summed E-state index contributed by atoms with van der Waals surface area (Å²) < 4.78 is 45.4. The average Bonchev–Trinajstić information content (AvgIpc) is 3.07. The predicted octanol–water partition coefficient (Wildman–Crippen LogP) is 2.88. The predicted molar refractivity (Wildman–Crippen MR) is 83.8 cm³/mol. The first-order valence-electron chi connectivity index (χ1n) is 7.59. The second kappa shape index (κ2) is 6.41. The molecule has 1 aliphatic rings. The number of sulfonamides is 1. The van der Waals surface area contributed by atoms with Crippen molar-refractivity contribution in [1.82, 2.24) is 9.88 Å². The van der Waals surface area contributed by atoms with Gasteiger partial charge in [-0.25, -0.2) is 17.5 Å². The van der Waals surface area contributed by atoms with Crippen LogP contribution in [0.5, 0.6) is 0 Å². The average molecular weight is 338 g/mol. The summed E-state index contributed by atoms with van der Waals surface area (Å²) in [5.41, 5.74) is 1.58. The van der Waals surface area contributed by atoms with Gasteiger partial charge >= 0.3 is 0 Å². The molecule has 0 unspecified atom stereocenters. The smallest absolute Gasteiger partial charge is 0.219 e. The van der Waals surface area contributed by atoms with Crippen LogP contribution >= 0.6 is 0 Å². The van der Waals surface area contributed by atoms with Gasteiger partial charge < -0.3 is 4.52 Å². The molecule has 0 spiro atoms. The SMILES string of the molecule is Cc1cc(CS(=O)(=O)N[C@@H]2CC[C@@H](c3cccc(F)c3)C2)on1. The van der Waals surface area contributed by atoms with Crippen LogP contribution in [0.25, 0.3) is 0 Å². The topological polar surface area (TPSA) is 72.2 Å². The molecule has 0 saturated heterocycles. The lowest BCUT2D eigenvalue weighted by molar-refractivity contribution is 0.388. The molecule has 23 heavy (non-hydrogen) atoms. The second-order valence-corrected chi connectivity index (χ2v) is 7.83. The van der Waals surface area contributed by atoms with Crippen molar-refractivity contribution in [2.75, 3.05) is 0 Å². The Labute approximate surface area is 134 Å². The molecule has 2 aromatic rings. The minimum atomic E-state index is -3.48. The summed E-state index contributed by atoms with van der Waals surface area (Å²) in [7, 11) is -3.48. The zero-order chi connectivity index (χ0) is 16.4. The Hall–Kier alpha value is -1.73. The standard InChI is InChI=1S/C16H19FN2O3S/c1-11-7-16(22-18-11)10-23(20,21)19-15-6-5-13(9-15)12-3-2-4-14(17)8-12/h2-4,7-8,13,15,19H,5-6,9-10H2,1H3/t13-,15-/m1/s1. The third-order valence-electron chi connectivity index (χ3n) is 4.11. The number of nitrogens with zero attached hydrogens (tertiary/aromatic N) is 1. The van der Waals surface area contributed by atoms with Crippen molar-refractivity contribution in [3.63, 3.8) is 0 Å². The quantitative estimate of drug-likeness (QED) is 0.910. The Morgan fingerprint density at radius 3 is 2.87 bits per heavy atom. The fraction of sp³-hybridized carbons (Fsp3) is 0.438. The first-order valence-corrected chi connectivity index (χ1v) is 9.24. The van der Waals surface area contributed by atoms with Crippen molar-refractivity contribution < 1.29 is 17.3 Å². The molecule has 1 aliphatic carbocycles. The fourth-order valence-corrected chi connectivity index (χ4v) is 4.43. The van der Waals surface area contributed by atoms with Gasteiger partial charge in [0.2, 0.25) is 10.0 Å². The molecule has 5 nitrogen and oxygen atoms in total. The van der Waals surface area contributed by atoms with Gasteiger partial charge in [0, 0.05) is 12.1 Å². The van der Waals surface area contributed by atoms with E-state index in [4.69, 9.17) is 4.52 Å². The van der Waals surface area contributed by atoms with Crippen LogP contribution in [0.1, 0.15) is 42.2 Å². The van der Waals surface area contributed by atoms with E-state index < -0.39 is 10.0 Å². The van der Waals surface area contributed by atoms with Gasteiger partial charge in [0.1, 0.15) is 11.6 Å². The monoisotopic (exact) mass is 338 g/mol. The molecule has 1 aromatic heterocycles. The van der Waals surface area contributed by atoms with E-state index in [0.29, 0.717) is 17.9 Å². The van der Waals surface area contributed by atoms with Crippen molar-refractivity contribution in [3.05, 3.63) is 53.2 Å². The van der Waals surface area contributed by atoms with E-state index >= 15 is 0 Å². The van der Waals surface area contributed by atoms with Crippen molar-refractivity contribution in [2.24, 2.45) is 0 Å². The highest BCUT2D eigenvalue weighted by atomic mass is 32.2. The highest BCUT2D eigenvalue weighted by Crippen LogP contribution is 2.35. The maximum atomic E-state index is 13.3. The number of rotatable bonds is 5. The largest absolute Gasteiger partial charge is 0.360 e. The van der Waals surface area contributed by atoms with Gasteiger partial charge in [-0.15, -0.1) is 0 Å². The second-order valence-electron chi connectivity index (χ2n) is 6.07. The van der Waals surface area contributed by atoms with Crippen LogP contribution in [0, 0.1) is 12.7 Å². The molecule has 3 rings (SSSR count).